The fourth-order valence-electron chi connectivity index (χ4n) is 4.52. The fourth-order valence-corrected chi connectivity index (χ4v) is 4.52. The molecule has 0 spiro atoms. The van der Waals surface area contributed by atoms with Crippen LogP contribution in [0.15, 0.2) is 40.9 Å². The molecule has 1 fully saturated rings. The summed E-state index contributed by atoms with van der Waals surface area (Å²) in [4.78, 5) is 18.8. The van der Waals surface area contributed by atoms with Crippen LogP contribution in [-0.2, 0) is 11.2 Å². The molecule has 2 aromatic carbocycles. The molecular formula is C26H27N5O3. The SMILES string of the molecule is CC(C)Oc1ccc(-c2nc(-c3cccc4c3CC[C@H]4NCC(=O)N3CCC3)no2)cc1C#N. The average molecular weight is 458 g/mol. The molecule has 1 saturated heterocycles. The first-order valence-corrected chi connectivity index (χ1v) is 11.7. The van der Waals surface area contributed by atoms with E-state index in [1.807, 2.05) is 36.9 Å². The third kappa shape index (κ3) is 4.27. The minimum Gasteiger partial charge on any atom is -0.490 e. The van der Waals surface area contributed by atoms with Gasteiger partial charge in [-0.25, -0.2) is 0 Å². The molecule has 1 aromatic heterocycles. The first-order chi connectivity index (χ1) is 16.5. The van der Waals surface area contributed by atoms with Crippen molar-refractivity contribution in [2.75, 3.05) is 19.6 Å². The summed E-state index contributed by atoms with van der Waals surface area (Å²) < 4.78 is 11.3. The first kappa shape index (κ1) is 22.1. The van der Waals surface area contributed by atoms with Crippen molar-refractivity contribution >= 4 is 5.91 Å². The molecule has 1 atom stereocenters. The third-order valence-corrected chi connectivity index (χ3v) is 6.36. The topological polar surface area (TPSA) is 104 Å². The number of amides is 1. The van der Waals surface area contributed by atoms with E-state index in [1.54, 1.807) is 12.1 Å². The van der Waals surface area contributed by atoms with Gasteiger partial charge in [0.15, 0.2) is 0 Å². The van der Waals surface area contributed by atoms with E-state index in [0.717, 1.165) is 37.9 Å². The van der Waals surface area contributed by atoms with E-state index in [4.69, 9.17) is 9.26 Å². The van der Waals surface area contributed by atoms with Crippen LogP contribution in [0.3, 0.4) is 0 Å². The number of carbonyl (C=O) groups excluding carboxylic acids is 1. The second-order valence-electron chi connectivity index (χ2n) is 8.99. The number of hydrogen-bond donors (Lipinski definition) is 1. The van der Waals surface area contributed by atoms with Crippen molar-refractivity contribution in [3.63, 3.8) is 0 Å². The molecule has 0 bridgehead atoms. The van der Waals surface area contributed by atoms with Gasteiger partial charge < -0.3 is 19.5 Å². The molecule has 34 heavy (non-hydrogen) atoms. The van der Waals surface area contributed by atoms with E-state index in [9.17, 15) is 10.1 Å². The normalized spacial score (nSPS) is 16.8. The number of carbonyl (C=O) groups is 1. The van der Waals surface area contributed by atoms with Crippen LogP contribution in [0.1, 0.15) is 49.4 Å². The van der Waals surface area contributed by atoms with Crippen LogP contribution in [0.2, 0.25) is 0 Å². The lowest BCUT2D eigenvalue weighted by molar-refractivity contribution is -0.133. The van der Waals surface area contributed by atoms with Gasteiger partial charge in [-0.05, 0) is 62.4 Å². The monoisotopic (exact) mass is 457 g/mol. The predicted molar refractivity (Wildman–Crippen MR) is 126 cm³/mol. The van der Waals surface area contributed by atoms with Crippen LogP contribution in [0, 0.1) is 11.3 Å². The highest BCUT2D eigenvalue weighted by Crippen LogP contribution is 2.37. The van der Waals surface area contributed by atoms with Gasteiger partial charge in [0, 0.05) is 30.3 Å². The lowest BCUT2D eigenvalue weighted by atomic mass is 10.0. The average Bonchev–Trinajstić information content (AvgIpc) is 3.44. The largest absolute Gasteiger partial charge is 0.490 e. The van der Waals surface area contributed by atoms with Crippen molar-refractivity contribution in [3.05, 3.63) is 53.1 Å². The van der Waals surface area contributed by atoms with Gasteiger partial charge in [-0.2, -0.15) is 10.2 Å². The molecule has 174 valence electrons. The summed E-state index contributed by atoms with van der Waals surface area (Å²) in [6.07, 6.45) is 2.87. The summed E-state index contributed by atoms with van der Waals surface area (Å²) in [7, 11) is 0. The van der Waals surface area contributed by atoms with E-state index >= 15 is 0 Å². The molecule has 0 unspecified atom stereocenters. The van der Waals surface area contributed by atoms with E-state index < -0.39 is 0 Å². The number of nitriles is 1. The molecule has 8 nitrogen and oxygen atoms in total. The lowest BCUT2D eigenvalue weighted by Crippen LogP contribution is -2.46. The van der Waals surface area contributed by atoms with Crippen molar-refractivity contribution in [2.45, 2.75) is 45.3 Å². The number of nitrogens with one attached hydrogen (secondary N) is 1. The summed E-state index contributed by atoms with van der Waals surface area (Å²) in [5.41, 5.74) is 4.40. The molecule has 5 rings (SSSR count). The molecule has 2 heterocycles. The summed E-state index contributed by atoms with van der Waals surface area (Å²) in [5, 5.41) is 17.2. The van der Waals surface area contributed by atoms with E-state index in [2.05, 4.69) is 27.6 Å². The van der Waals surface area contributed by atoms with Crippen molar-refractivity contribution in [1.82, 2.24) is 20.4 Å². The zero-order valence-corrected chi connectivity index (χ0v) is 19.4. The Hall–Kier alpha value is -3.70. The maximum Gasteiger partial charge on any atom is 0.258 e. The smallest absolute Gasteiger partial charge is 0.258 e. The van der Waals surface area contributed by atoms with E-state index in [-0.39, 0.29) is 18.1 Å². The highest BCUT2D eigenvalue weighted by atomic mass is 16.5. The molecule has 8 heteroatoms. The number of benzene rings is 2. The second-order valence-corrected chi connectivity index (χ2v) is 8.99. The van der Waals surface area contributed by atoms with E-state index in [1.165, 1.54) is 11.1 Å². The van der Waals surface area contributed by atoms with Crippen molar-refractivity contribution in [2.24, 2.45) is 0 Å². The Morgan fingerprint density at radius 2 is 2.18 bits per heavy atom. The van der Waals surface area contributed by atoms with Gasteiger partial charge in [0.1, 0.15) is 11.8 Å². The summed E-state index contributed by atoms with van der Waals surface area (Å²) in [6.45, 7) is 5.94. The number of fused-ring (bicyclic) bond motifs is 1. The Labute approximate surface area is 198 Å². The van der Waals surface area contributed by atoms with E-state index in [0.29, 0.717) is 35.1 Å². The zero-order chi connectivity index (χ0) is 23.7. The van der Waals surface area contributed by atoms with Gasteiger partial charge in [-0.15, -0.1) is 0 Å². The van der Waals surface area contributed by atoms with Crippen molar-refractivity contribution in [3.8, 4) is 34.7 Å². The molecule has 1 N–H and O–H groups in total. The Morgan fingerprint density at radius 1 is 1.32 bits per heavy atom. The molecule has 3 aromatic rings. The van der Waals surface area contributed by atoms with Gasteiger partial charge in [0.2, 0.25) is 11.7 Å². The van der Waals surface area contributed by atoms with Crippen LogP contribution in [0.4, 0.5) is 0 Å². The van der Waals surface area contributed by atoms with Gasteiger partial charge in [0.25, 0.3) is 5.89 Å². The number of rotatable bonds is 7. The van der Waals surface area contributed by atoms with Gasteiger partial charge in [-0.1, -0.05) is 23.4 Å². The second kappa shape index (κ2) is 9.27. The van der Waals surface area contributed by atoms with Gasteiger partial charge in [-0.3, -0.25) is 4.79 Å². The molecule has 1 amide bonds. The Kier molecular flexibility index (Phi) is 6.03. The molecular weight excluding hydrogens is 430 g/mol. The maximum atomic E-state index is 12.2. The minimum absolute atomic E-state index is 0.0275. The predicted octanol–water partition coefficient (Wildman–Crippen LogP) is 3.87. The number of ether oxygens (including phenoxy) is 1. The van der Waals surface area contributed by atoms with Crippen molar-refractivity contribution < 1.29 is 14.1 Å². The number of likely N-dealkylation sites (tertiary alicyclic amines) is 1. The van der Waals surface area contributed by atoms with Crippen molar-refractivity contribution in [1.29, 1.82) is 5.26 Å². The van der Waals surface area contributed by atoms with Crippen LogP contribution in [-0.4, -0.2) is 46.7 Å². The summed E-state index contributed by atoms with van der Waals surface area (Å²) in [5.74, 6) is 1.58. The van der Waals surface area contributed by atoms with Crippen LogP contribution in [0.5, 0.6) is 5.75 Å². The highest BCUT2D eigenvalue weighted by Gasteiger charge is 2.28. The summed E-state index contributed by atoms with van der Waals surface area (Å²) in [6, 6.07) is 13.7. The van der Waals surface area contributed by atoms with Gasteiger partial charge in [0.05, 0.1) is 18.2 Å². The Bertz CT molecular complexity index is 1260. The highest BCUT2D eigenvalue weighted by molar-refractivity contribution is 5.79. The molecule has 2 aliphatic rings. The summed E-state index contributed by atoms with van der Waals surface area (Å²) >= 11 is 0. The number of nitrogens with zero attached hydrogens (tertiary/aromatic N) is 4. The molecule has 0 saturated carbocycles. The molecule has 1 aliphatic heterocycles. The zero-order valence-electron chi connectivity index (χ0n) is 19.4. The molecule has 1 aliphatic carbocycles. The maximum absolute atomic E-state index is 12.2. The number of hydrogen-bond acceptors (Lipinski definition) is 7. The first-order valence-electron chi connectivity index (χ1n) is 11.7. The van der Waals surface area contributed by atoms with Crippen LogP contribution < -0.4 is 10.1 Å². The quantitative estimate of drug-likeness (QED) is 0.574. The minimum atomic E-state index is -0.0275. The Morgan fingerprint density at radius 3 is 2.91 bits per heavy atom. The van der Waals surface area contributed by atoms with Gasteiger partial charge >= 0.3 is 0 Å². The third-order valence-electron chi connectivity index (χ3n) is 6.36. The Balaban J connectivity index is 1.36. The number of aromatic nitrogens is 2. The van der Waals surface area contributed by atoms with Crippen LogP contribution in [0.25, 0.3) is 22.8 Å². The fraction of sp³-hybridized carbons (Fsp3) is 0.385. The lowest BCUT2D eigenvalue weighted by Gasteiger charge is -2.31. The molecule has 0 radical (unpaired) electrons. The standard InChI is InChI=1S/C26H27N5O3/c1-16(2)33-23-10-7-17(13-18(23)14-27)26-29-25(30-34-26)21-6-3-5-20-19(21)8-9-22(20)28-15-24(32)31-11-4-12-31/h3,5-7,10,13,16,22,28H,4,8-9,11-12,15H2,1-2H3/t22-/m1/s1. The van der Waals surface area contributed by atoms with Crippen LogP contribution >= 0.6 is 0 Å².